The summed E-state index contributed by atoms with van der Waals surface area (Å²) in [5, 5.41) is 13.2. The summed E-state index contributed by atoms with van der Waals surface area (Å²) in [5.74, 6) is -0.667. The third kappa shape index (κ3) is 7.06. The lowest BCUT2D eigenvalue weighted by Gasteiger charge is -2.26. The number of benzene rings is 1. The van der Waals surface area contributed by atoms with Crippen molar-refractivity contribution in [2.24, 2.45) is 0 Å². The van der Waals surface area contributed by atoms with Gasteiger partial charge in [-0.15, -0.1) is 0 Å². The van der Waals surface area contributed by atoms with Crippen molar-refractivity contribution >= 4 is 17.7 Å². The lowest BCUT2D eigenvalue weighted by atomic mass is 10.1. The molecular formula is C17H24N2O7. The maximum Gasteiger partial charge on any atom is 0.408 e. The number of nitro benzene ring substituents is 1. The van der Waals surface area contributed by atoms with Crippen LogP contribution in [0.5, 0.6) is 0 Å². The predicted octanol–water partition coefficient (Wildman–Crippen LogP) is 2.68. The SMILES string of the molecule is COC[C@H](NC(=O)OC(C)(C)C)C(C)OC(=O)c1ccc([N+](=O)[O-])cc1. The van der Waals surface area contributed by atoms with Crippen LogP contribution in [-0.4, -0.2) is 48.4 Å². The zero-order valence-corrected chi connectivity index (χ0v) is 15.5. The minimum Gasteiger partial charge on any atom is -0.457 e. The number of carbonyl (C=O) groups excluding carboxylic acids is 2. The highest BCUT2D eigenvalue weighted by Gasteiger charge is 2.26. The average Bonchev–Trinajstić information content (AvgIpc) is 2.52. The molecule has 0 bridgehead atoms. The highest BCUT2D eigenvalue weighted by Crippen LogP contribution is 2.14. The third-order valence-corrected chi connectivity index (χ3v) is 3.22. The molecule has 0 radical (unpaired) electrons. The first-order chi connectivity index (χ1) is 12.0. The normalized spacial score (nSPS) is 13.4. The zero-order valence-electron chi connectivity index (χ0n) is 15.5. The molecule has 1 aromatic carbocycles. The number of hydrogen-bond acceptors (Lipinski definition) is 7. The van der Waals surface area contributed by atoms with E-state index in [9.17, 15) is 19.7 Å². The maximum atomic E-state index is 12.2. The standard InChI is InChI=1S/C17H24N2O7/c1-11(14(10-24-5)18-16(21)26-17(2,3)4)25-15(20)12-6-8-13(9-7-12)19(22)23/h6-9,11,14H,10H2,1-5H3,(H,18,21)/t11?,14-/m0/s1. The molecule has 26 heavy (non-hydrogen) atoms. The Hall–Kier alpha value is -2.68. The molecule has 1 amide bonds. The Balaban J connectivity index is 2.73. The van der Waals surface area contributed by atoms with E-state index in [-0.39, 0.29) is 17.9 Å². The van der Waals surface area contributed by atoms with Gasteiger partial charge in [0.15, 0.2) is 0 Å². The van der Waals surface area contributed by atoms with E-state index < -0.39 is 34.7 Å². The van der Waals surface area contributed by atoms with Crippen LogP contribution in [0.3, 0.4) is 0 Å². The molecule has 0 saturated heterocycles. The summed E-state index contributed by atoms with van der Waals surface area (Å²) in [6.07, 6.45) is -1.37. The largest absolute Gasteiger partial charge is 0.457 e. The van der Waals surface area contributed by atoms with Gasteiger partial charge in [0, 0.05) is 19.2 Å². The molecule has 1 N–H and O–H groups in total. The summed E-state index contributed by atoms with van der Waals surface area (Å²) in [5.41, 5.74) is -0.630. The molecule has 0 saturated carbocycles. The number of hydrogen-bond donors (Lipinski definition) is 1. The predicted molar refractivity (Wildman–Crippen MR) is 93.0 cm³/mol. The lowest BCUT2D eigenvalue weighted by molar-refractivity contribution is -0.384. The number of methoxy groups -OCH3 is 1. The number of nitrogens with zero attached hydrogens (tertiary/aromatic N) is 1. The van der Waals surface area contributed by atoms with E-state index in [1.54, 1.807) is 27.7 Å². The minimum atomic E-state index is -0.717. The van der Waals surface area contributed by atoms with Gasteiger partial charge in [0.1, 0.15) is 11.7 Å². The van der Waals surface area contributed by atoms with Crippen LogP contribution >= 0.6 is 0 Å². The number of esters is 1. The van der Waals surface area contributed by atoms with Gasteiger partial charge in [0.25, 0.3) is 5.69 Å². The van der Waals surface area contributed by atoms with Crippen molar-refractivity contribution in [3.8, 4) is 0 Å². The van der Waals surface area contributed by atoms with Crippen molar-refractivity contribution in [3.63, 3.8) is 0 Å². The first kappa shape index (κ1) is 21.4. The summed E-state index contributed by atoms with van der Waals surface area (Å²) in [4.78, 5) is 34.2. The number of non-ortho nitro benzene ring substituents is 1. The first-order valence-corrected chi connectivity index (χ1v) is 7.97. The van der Waals surface area contributed by atoms with Gasteiger partial charge in [-0.2, -0.15) is 0 Å². The van der Waals surface area contributed by atoms with Gasteiger partial charge in [-0.1, -0.05) is 0 Å². The Morgan fingerprint density at radius 1 is 1.23 bits per heavy atom. The van der Waals surface area contributed by atoms with E-state index in [2.05, 4.69) is 5.32 Å². The molecule has 9 nitrogen and oxygen atoms in total. The van der Waals surface area contributed by atoms with Crippen LogP contribution in [0.1, 0.15) is 38.1 Å². The second-order valence-corrected chi connectivity index (χ2v) is 6.62. The average molecular weight is 368 g/mol. The van der Waals surface area contributed by atoms with Crippen molar-refractivity contribution in [1.29, 1.82) is 0 Å². The number of rotatable bonds is 7. The number of nitrogens with one attached hydrogen (secondary N) is 1. The van der Waals surface area contributed by atoms with E-state index in [0.717, 1.165) is 0 Å². The molecule has 0 fully saturated rings. The van der Waals surface area contributed by atoms with Crippen molar-refractivity contribution in [2.45, 2.75) is 45.4 Å². The van der Waals surface area contributed by atoms with Crippen LogP contribution in [0, 0.1) is 10.1 Å². The maximum absolute atomic E-state index is 12.2. The Labute approximate surface area is 151 Å². The highest BCUT2D eigenvalue weighted by molar-refractivity contribution is 5.89. The van der Waals surface area contributed by atoms with Gasteiger partial charge in [-0.25, -0.2) is 9.59 Å². The molecule has 9 heteroatoms. The number of nitro groups is 1. The molecule has 0 aliphatic carbocycles. The molecule has 2 atom stereocenters. The summed E-state index contributed by atoms with van der Waals surface area (Å²) in [6.45, 7) is 6.90. The van der Waals surface area contributed by atoms with Gasteiger partial charge >= 0.3 is 12.1 Å². The summed E-state index contributed by atoms with van der Waals surface area (Å²) in [6, 6.07) is 4.41. The van der Waals surface area contributed by atoms with Crippen molar-refractivity contribution in [3.05, 3.63) is 39.9 Å². The fourth-order valence-electron chi connectivity index (χ4n) is 1.97. The zero-order chi connectivity index (χ0) is 19.9. The molecule has 0 aliphatic heterocycles. The highest BCUT2D eigenvalue weighted by atomic mass is 16.6. The molecule has 1 aromatic rings. The molecule has 0 aliphatic rings. The topological polar surface area (TPSA) is 117 Å². The van der Waals surface area contributed by atoms with Crippen LogP contribution in [0.15, 0.2) is 24.3 Å². The van der Waals surface area contributed by atoms with Crippen molar-refractivity contribution < 1.29 is 28.7 Å². The Morgan fingerprint density at radius 3 is 2.27 bits per heavy atom. The van der Waals surface area contributed by atoms with Gasteiger partial charge < -0.3 is 19.5 Å². The Morgan fingerprint density at radius 2 is 1.81 bits per heavy atom. The smallest absolute Gasteiger partial charge is 0.408 e. The first-order valence-electron chi connectivity index (χ1n) is 7.97. The number of ether oxygens (including phenoxy) is 3. The molecule has 144 valence electrons. The third-order valence-electron chi connectivity index (χ3n) is 3.22. The van der Waals surface area contributed by atoms with Gasteiger partial charge in [-0.05, 0) is 39.8 Å². The molecule has 1 unspecified atom stereocenters. The second kappa shape index (κ2) is 9.14. The van der Waals surface area contributed by atoms with Gasteiger partial charge in [0.05, 0.1) is 23.1 Å². The Bertz CT molecular complexity index is 638. The van der Waals surface area contributed by atoms with Crippen LogP contribution < -0.4 is 5.32 Å². The van der Waals surface area contributed by atoms with E-state index >= 15 is 0 Å². The molecule has 1 rings (SSSR count). The van der Waals surface area contributed by atoms with Gasteiger partial charge in [-0.3, -0.25) is 10.1 Å². The second-order valence-electron chi connectivity index (χ2n) is 6.62. The molecule has 0 heterocycles. The van der Waals surface area contributed by atoms with Crippen LogP contribution in [0.4, 0.5) is 10.5 Å². The Kier molecular flexibility index (Phi) is 7.51. The number of amides is 1. The van der Waals surface area contributed by atoms with E-state index in [1.165, 1.54) is 31.4 Å². The molecule has 0 aromatic heterocycles. The van der Waals surface area contributed by atoms with Crippen LogP contribution in [-0.2, 0) is 14.2 Å². The summed E-state index contributed by atoms with van der Waals surface area (Å²) < 4.78 is 15.6. The van der Waals surface area contributed by atoms with Gasteiger partial charge in [0.2, 0.25) is 0 Å². The van der Waals surface area contributed by atoms with Crippen LogP contribution in [0.2, 0.25) is 0 Å². The van der Waals surface area contributed by atoms with Crippen LogP contribution in [0.25, 0.3) is 0 Å². The van der Waals surface area contributed by atoms with E-state index in [1.807, 2.05) is 0 Å². The monoisotopic (exact) mass is 368 g/mol. The lowest BCUT2D eigenvalue weighted by Crippen LogP contribution is -2.48. The van der Waals surface area contributed by atoms with E-state index in [0.29, 0.717) is 0 Å². The minimum absolute atomic E-state index is 0.105. The number of carbonyl (C=O) groups is 2. The fraction of sp³-hybridized carbons (Fsp3) is 0.529. The molecule has 0 spiro atoms. The summed E-state index contributed by atoms with van der Waals surface area (Å²) >= 11 is 0. The fourth-order valence-corrected chi connectivity index (χ4v) is 1.97. The quantitative estimate of drug-likeness (QED) is 0.447. The number of alkyl carbamates (subject to hydrolysis) is 1. The summed E-state index contributed by atoms with van der Waals surface area (Å²) in [7, 11) is 1.45. The van der Waals surface area contributed by atoms with Crippen molar-refractivity contribution in [2.75, 3.05) is 13.7 Å². The molecular weight excluding hydrogens is 344 g/mol. The van der Waals surface area contributed by atoms with E-state index in [4.69, 9.17) is 14.2 Å². The van der Waals surface area contributed by atoms with Crippen molar-refractivity contribution in [1.82, 2.24) is 5.32 Å².